The standard InChI is InChI=1S/C17H20FNO/c1-2-20-16-9-7-14(8-10-16)13-19-12-11-15-5-3-4-6-17(15)18/h3-10,19H,2,11-13H2,1H3. The van der Waals surface area contributed by atoms with Crippen molar-refractivity contribution < 1.29 is 9.13 Å². The van der Waals surface area contributed by atoms with Gasteiger partial charge in [0.25, 0.3) is 0 Å². The van der Waals surface area contributed by atoms with Gasteiger partial charge in [0, 0.05) is 6.54 Å². The van der Waals surface area contributed by atoms with Crippen molar-refractivity contribution in [3.63, 3.8) is 0 Å². The molecule has 0 aliphatic carbocycles. The van der Waals surface area contributed by atoms with Crippen molar-refractivity contribution in [3.05, 3.63) is 65.5 Å². The molecule has 106 valence electrons. The van der Waals surface area contributed by atoms with Gasteiger partial charge in [-0.25, -0.2) is 4.39 Å². The number of hydrogen-bond acceptors (Lipinski definition) is 2. The van der Waals surface area contributed by atoms with E-state index in [0.717, 1.165) is 24.4 Å². The van der Waals surface area contributed by atoms with Crippen LogP contribution in [0.4, 0.5) is 4.39 Å². The first-order valence-electron chi connectivity index (χ1n) is 6.95. The van der Waals surface area contributed by atoms with Gasteiger partial charge in [-0.15, -0.1) is 0 Å². The zero-order valence-electron chi connectivity index (χ0n) is 11.7. The molecule has 1 N–H and O–H groups in total. The number of halogens is 1. The highest BCUT2D eigenvalue weighted by Crippen LogP contribution is 2.12. The molecule has 0 aliphatic heterocycles. The second-order valence-electron chi connectivity index (χ2n) is 4.60. The SMILES string of the molecule is CCOc1ccc(CNCCc2ccccc2F)cc1. The van der Waals surface area contributed by atoms with Crippen molar-refractivity contribution in [2.45, 2.75) is 19.9 Å². The number of ether oxygens (including phenoxy) is 1. The highest BCUT2D eigenvalue weighted by atomic mass is 19.1. The van der Waals surface area contributed by atoms with Gasteiger partial charge >= 0.3 is 0 Å². The Morgan fingerprint density at radius 1 is 1.05 bits per heavy atom. The molecule has 0 heterocycles. The van der Waals surface area contributed by atoms with E-state index in [4.69, 9.17) is 4.74 Å². The molecule has 0 amide bonds. The van der Waals surface area contributed by atoms with Crippen LogP contribution in [0.2, 0.25) is 0 Å². The molecule has 20 heavy (non-hydrogen) atoms. The number of hydrogen-bond donors (Lipinski definition) is 1. The Hall–Kier alpha value is -1.87. The fourth-order valence-electron chi connectivity index (χ4n) is 2.03. The van der Waals surface area contributed by atoms with Crippen molar-refractivity contribution in [2.24, 2.45) is 0 Å². The number of nitrogens with one attached hydrogen (secondary N) is 1. The predicted octanol–water partition coefficient (Wildman–Crippen LogP) is 3.56. The van der Waals surface area contributed by atoms with E-state index in [1.54, 1.807) is 6.07 Å². The topological polar surface area (TPSA) is 21.3 Å². The molecule has 2 aromatic rings. The maximum absolute atomic E-state index is 13.4. The highest BCUT2D eigenvalue weighted by Gasteiger charge is 2.00. The van der Waals surface area contributed by atoms with Gasteiger partial charge < -0.3 is 10.1 Å². The van der Waals surface area contributed by atoms with Gasteiger partial charge in [-0.05, 0) is 49.2 Å². The minimum absolute atomic E-state index is 0.129. The Bertz CT molecular complexity index is 525. The Morgan fingerprint density at radius 3 is 2.50 bits per heavy atom. The lowest BCUT2D eigenvalue weighted by atomic mass is 10.1. The van der Waals surface area contributed by atoms with E-state index in [1.807, 2.05) is 43.3 Å². The molecule has 0 atom stereocenters. The summed E-state index contributed by atoms with van der Waals surface area (Å²) in [5.41, 5.74) is 1.95. The monoisotopic (exact) mass is 273 g/mol. The summed E-state index contributed by atoms with van der Waals surface area (Å²) in [7, 11) is 0. The molecule has 3 heteroatoms. The van der Waals surface area contributed by atoms with Crippen molar-refractivity contribution >= 4 is 0 Å². The van der Waals surface area contributed by atoms with E-state index >= 15 is 0 Å². The van der Waals surface area contributed by atoms with Crippen LogP contribution < -0.4 is 10.1 Å². The maximum Gasteiger partial charge on any atom is 0.126 e. The van der Waals surface area contributed by atoms with Gasteiger partial charge in [0.05, 0.1) is 6.61 Å². The van der Waals surface area contributed by atoms with Crippen molar-refractivity contribution in [3.8, 4) is 5.75 Å². The second-order valence-corrected chi connectivity index (χ2v) is 4.60. The highest BCUT2D eigenvalue weighted by molar-refractivity contribution is 5.27. The summed E-state index contributed by atoms with van der Waals surface area (Å²) in [6.45, 7) is 4.19. The second kappa shape index (κ2) is 7.65. The molecule has 0 aliphatic rings. The summed E-state index contributed by atoms with van der Waals surface area (Å²) in [6, 6.07) is 14.9. The minimum Gasteiger partial charge on any atom is -0.494 e. The van der Waals surface area contributed by atoms with Crippen LogP contribution in [0.3, 0.4) is 0 Å². The molecule has 0 aromatic heterocycles. The first-order valence-corrected chi connectivity index (χ1v) is 6.95. The van der Waals surface area contributed by atoms with Gasteiger partial charge in [-0.3, -0.25) is 0 Å². The summed E-state index contributed by atoms with van der Waals surface area (Å²) in [6.07, 6.45) is 0.698. The molecule has 0 radical (unpaired) electrons. The molecular weight excluding hydrogens is 253 g/mol. The van der Waals surface area contributed by atoms with Crippen molar-refractivity contribution in [1.29, 1.82) is 0 Å². The minimum atomic E-state index is -0.129. The molecule has 0 fully saturated rings. The van der Waals surface area contributed by atoms with Crippen LogP contribution in [-0.4, -0.2) is 13.2 Å². The lowest BCUT2D eigenvalue weighted by Crippen LogP contribution is -2.17. The normalized spacial score (nSPS) is 10.5. The molecule has 2 rings (SSSR count). The van der Waals surface area contributed by atoms with Crippen LogP contribution in [0.15, 0.2) is 48.5 Å². The first kappa shape index (κ1) is 14.5. The molecule has 0 saturated heterocycles. The number of rotatable bonds is 7. The Labute approximate surface area is 119 Å². The average Bonchev–Trinajstić information content (AvgIpc) is 2.47. The van der Waals surface area contributed by atoms with E-state index in [-0.39, 0.29) is 5.82 Å². The molecule has 0 spiro atoms. The third kappa shape index (κ3) is 4.35. The van der Waals surface area contributed by atoms with E-state index in [0.29, 0.717) is 13.0 Å². The summed E-state index contributed by atoms with van der Waals surface area (Å²) in [4.78, 5) is 0. The first-order chi connectivity index (χ1) is 9.79. The molecule has 0 saturated carbocycles. The van der Waals surface area contributed by atoms with Crippen LogP contribution >= 0.6 is 0 Å². The van der Waals surface area contributed by atoms with Crippen molar-refractivity contribution in [1.82, 2.24) is 5.32 Å². The molecule has 2 aromatic carbocycles. The summed E-state index contributed by atoms with van der Waals surface area (Å²) >= 11 is 0. The number of benzene rings is 2. The molecule has 0 bridgehead atoms. The Morgan fingerprint density at radius 2 is 1.80 bits per heavy atom. The largest absolute Gasteiger partial charge is 0.494 e. The van der Waals surface area contributed by atoms with Gasteiger partial charge in [0.2, 0.25) is 0 Å². The van der Waals surface area contributed by atoms with Gasteiger partial charge in [0.1, 0.15) is 11.6 Å². The predicted molar refractivity (Wildman–Crippen MR) is 79.4 cm³/mol. The maximum atomic E-state index is 13.4. The third-order valence-corrected chi connectivity index (χ3v) is 3.09. The third-order valence-electron chi connectivity index (χ3n) is 3.09. The summed E-state index contributed by atoms with van der Waals surface area (Å²) in [5.74, 6) is 0.762. The van der Waals surface area contributed by atoms with E-state index < -0.39 is 0 Å². The van der Waals surface area contributed by atoms with E-state index in [2.05, 4.69) is 5.32 Å². The zero-order chi connectivity index (χ0) is 14.2. The van der Waals surface area contributed by atoms with Gasteiger partial charge in [-0.2, -0.15) is 0 Å². The molecule has 2 nitrogen and oxygen atoms in total. The lowest BCUT2D eigenvalue weighted by molar-refractivity contribution is 0.340. The zero-order valence-corrected chi connectivity index (χ0v) is 11.7. The van der Waals surface area contributed by atoms with Crippen LogP contribution in [0.5, 0.6) is 5.75 Å². The summed E-state index contributed by atoms with van der Waals surface area (Å²) in [5, 5.41) is 3.32. The molecule has 0 unspecified atom stereocenters. The lowest BCUT2D eigenvalue weighted by Gasteiger charge is -2.07. The summed E-state index contributed by atoms with van der Waals surface area (Å²) < 4.78 is 18.8. The van der Waals surface area contributed by atoms with Crippen LogP contribution in [0.25, 0.3) is 0 Å². The smallest absolute Gasteiger partial charge is 0.126 e. The van der Waals surface area contributed by atoms with E-state index in [9.17, 15) is 4.39 Å². The quantitative estimate of drug-likeness (QED) is 0.779. The fourth-order valence-corrected chi connectivity index (χ4v) is 2.03. The van der Waals surface area contributed by atoms with Crippen LogP contribution in [0.1, 0.15) is 18.1 Å². The van der Waals surface area contributed by atoms with Gasteiger partial charge in [0.15, 0.2) is 0 Å². The Kier molecular flexibility index (Phi) is 5.56. The van der Waals surface area contributed by atoms with Crippen LogP contribution in [-0.2, 0) is 13.0 Å². The van der Waals surface area contributed by atoms with Gasteiger partial charge in [-0.1, -0.05) is 30.3 Å². The Balaban J connectivity index is 1.74. The molecular formula is C17H20FNO. The fraction of sp³-hybridized carbons (Fsp3) is 0.294. The average molecular weight is 273 g/mol. The van der Waals surface area contributed by atoms with Crippen molar-refractivity contribution in [2.75, 3.05) is 13.2 Å². The van der Waals surface area contributed by atoms with E-state index in [1.165, 1.54) is 11.6 Å². The van der Waals surface area contributed by atoms with Crippen LogP contribution in [0, 0.1) is 5.82 Å².